The Morgan fingerprint density at radius 3 is 1.16 bits per heavy atom. The lowest BCUT2D eigenvalue weighted by atomic mass is 10.1. The van der Waals surface area contributed by atoms with Gasteiger partial charge in [-0.05, 0) is 12.8 Å². The van der Waals surface area contributed by atoms with Gasteiger partial charge in [-0.2, -0.15) is 10.5 Å². The average molecular weight is 289 g/mol. The highest BCUT2D eigenvalue weighted by atomic mass is 24.3. The summed E-state index contributed by atoms with van der Waals surface area (Å²) in [6, 6.07) is 0. The molecule has 0 rings (SSSR count). The van der Waals surface area contributed by atoms with Gasteiger partial charge in [-0.25, -0.2) is 9.59 Å². The molecule has 0 amide bonds. The lowest BCUT2D eigenvalue weighted by Gasteiger charge is -2.01. The molecule has 0 aliphatic carbocycles. The molecule has 0 aromatic heterocycles. The second-order valence-corrected chi connectivity index (χ2v) is 4.26. The van der Waals surface area contributed by atoms with E-state index in [9.17, 15) is 9.59 Å². The molecule has 7 heteroatoms. The Labute approximate surface area is 129 Å². The third kappa shape index (κ3) is 15.6. The van der Waals surface area contributed by atoms with Crippen LogP contribution < -0.4 is 0 Å². The molecule has 2 N–H and O–H groups in total. The first-order chi connectivity index (χ1) is 8.70. The Hall–Kier alpha value is -0.374. The standard InChI is InChI=1S/C12H22O6.Mg.2H/c13-11(17-15)9-7-5-3-1-2-4-6-8-10-12(14)18-16;;;/h15-16H,1-10H2;;;. The molecule has 0 aromatic carbocycles. The van der Waals surface area contributed by atoms with Gasteiger partial charge in [0, 0.05) is 12.8 Å². The predicted molar refractivity (Wildman–Crippen MR) is 72.2 cm³/mol. The molecular weight excluding hydrogens is 264 g/mol. The van der Waals surface area contributed by atoms with E-state index >= 15 is 0 Å². The first-order valence-electron chi connectivity index (χ1n) is 6.39. The third-order valence-electron chi connectivity index (χ3n) is 2.72. The average Bonchev–Trinajstić information content (AvgIpc) is 2.40. The van der Waals surface area contributed by atoms with Gasteiger partial charge in [0.1, 0.15) is 0 Å². The second kappa shape index (κ2) is 15.7. The molecule has 110 valence electrons. The Morgan fingerprint density at radius 2 is 0.895 bits per heavy atom. The number of hydrogen-bond acceptors (Lipinski definition) is 6. The highest BCUT2D eigenvalue weighted by Gasteiger charge is 2.02. The maximum atomic E-state index is 10.6. The van der Waals surface area contributed by atoms with Crippen molar-refractivity contribution in [1.82, 2.24) is 0 Å². The largest absolute Gasteiger partial charge is 0.342 e. The fourth-order valence-electron chi connectivity index (χ4n) is 1.69. The summed E-state index contributed by atoms with van der Waals surface area (Å²) in [6.07, 6.45) is 8.20. The van der Waals surface area contributed by atoms with Crippen molar-refractivity contribution in [3.05, 3.63) is 0 Å². The van der Waals surface area contributed by atoms with E-state index in [4.69, 9.17) is 10.5 Å². The molecule has 0 radical (unpaired) electrons. The van der Waals surface area contributed by atoms with Crippen molar-refractivity contribution >= 4 is 35.0 Å². The minimum absolute atomic E-state index is 0. The van der Waals surface area contributed by atoms with Gasteiger partial charge in [-0.15, -0.1) is 0 Å². The van der Waals surface area contributed by atoms with Gasteiger partial charge in [0.25, 0.3) is 0 Å². The van der Waals surface area contributed by atoms with Crippen LogP contribution in [0.1, 0.15) is 64.2 Å². The van der Waals surface area contributed by atoms with Crippen molar-refractivity contribution in [2.75, 3.05) is 0 Å². The number of carbonyl (C=O) groups is 2. The number of carbonyl (C=O) groups excluding carboxylic acids is 2. The maximum absolute atomic E-state index is 10.6. The molecule has 0 fully saturated rings. The lowest BCUT2D eigenvalue weighted by Crippen LogP contribution is -2.00. The van der Waals surface area contributed by atoms with Crippen LogP contribution in [0.4, 0.5) is 0 Å². The Balaban J connectivity index is 0. The van der Waals surface area contributed by atoms with Crippen LogP contribution >= 0.6 is 0 Å². The summed E-state index contributed by atoms with van der Waals surface area (Å²) in [5.41, 5.74) is 0. The van der Waals surface area contributed by atoms with Crippen LogP contribution in [0.2, 0.25) is 0 Å². The maximum Gasteiger partial charge on any atom is 0.342 e. The van der Waals surface area contributed by atoms with Crippen LogP contribution in [0.15, 0.2) is 0 Å². The zero-order valence-corrected chi connectivity index (χ0v) is 10.6. The van der Waals surface area contributed by atoms with Crippen LogP contribution in [0, 0.1) is 0 Å². The highest BCUT2D eigenvalue weighted by molar-refractivity contribution is 5.75. The van der Waals surface area contributed by atoms with E-state index in [2.05, 4.69) is 9.78 Å². The molecular formula is C12H24MgO6. The first kappa shape index (κ1) is 20.9. The molecule has 0 spiro atoms. The molecule has 0 saturated carbocycles. The van der Waals surface area contributed by atoms with Crippen LogP contribution in [0.25, 0.3) is 0 Å². The summed E-state index contributed by atoms with van der Waals surface area (Å²) in [5.74, 6) is -1.16. The van der Waals surface area contributed by atoms with E-state index in [0.29, 0.717) is 0 Å². The topological polar surface area (TPSA) is 93.1 Å². The smallest absolute Gasteiger partial charge is 0.301 e. The fraction of sp³-hybridized carbons (Fsp3) is 0.833. The molecule has 19 heavy (non-hydrogen) atoms. The Morgan fingerprint density at radius 1 is 0.632 bits per heavy atom. The van der Waals surface area contributed by atoms with Crippen LogP contribution in [-0.4, -0.2) is 45.5 Å². The second-order valence-electron chi connectivity index (χ2n) is 4.26. The van der Waals surface area contributed by atoms with Gasteiger partial charge in [-0.3, -0.25) is 0 Å². The van der Waals surface area contributed by atoms with Crippen LogP contribution in [0.5, 0.6) is 0 Å². The molecule has 0 aromatic rings. The molecule has 0 saturated heterocycles. The minimum Gasteiger partial charge on any atom is -0.301 e. The molecule has 0 aliphatic rings. The zero-order chi connectivity index (χ0) is 13.6. The molecule has 0 atom stereocenters. The summed E-state index contributed by atoms with van der Waals surface area (Å²) in [7, 11) is 0. The van der Waals surface area contributed by atoms with Gasteiger partial charge in [0.2, 0.25) is 0 Å². The number of hydrogen-bond donors (Lipinski definition) is 2. The third-order valence-corrected chi connectivity index (χ3v) is 2.72. The van der Waals surface area contributed by atoms with Gasteiger partial charge in [-0.1, -0.05) is 38.5 Å². The van der Waals surface area contributed by atoms with E-state index < -0.39 is 11.9 Å². The molecule has 0 heterocycles. The molecule has 0 aliphatic heterocycles. The van der Waals surface area contributed by atoms with Crippen molar-refractivity contribution in [3.63, 3.8) is 0 Å². The van der Waals surface area contributed by atoms with Gasteiger partial charge >= 0.3 is 35.0 Å². The zero-order valence-electron chi connectivity index (χ0n) is 10.6. The van der Waals surface area contributed by atoms with Gasteiger partial charge in [0.05, 0.1) is 0 Å². The number of unbranched alkanes of at least 4 members (excludes halogenated alkanes) is 7. The SMILES string of the molecule is O=C(CCCCCCCCCCC(=O)OO)OO.[MgH2]. The summed E-state index contributed by atoms with van der Waals surface area (Å²) in [6.45, 7) is 0. The van der Waals surface area contributed by atoms with E-state index in [1.54, 1.807) is 0 Å². The highest BCUT2D eigenvalue weighted by Crippen LogP contribution is 2.10. The van der Waals surface area contributed by atoms with Gasteiger partial charge < -0.3 is 9.78 Å². The van der Waals surface area contributed by atoms with E-state index in [0.717, 1.165) is 51.4 Å². The Bertz CT molecular complexity index is 210. The van der Waals surface area contributed by atoms with Crippen molar-refractivity contribution in [1.29, 1.82) is 0 Å². The predicted octanol–water partition coefficient (Wildman–Crippen LogP) is 2.00. The van der Waals surface area contributed by atoms with Crippen LogP contribution in [0.3, 0.4) is 0 Å². The first-order valence-corrected chi connectivity index (χ1v) is 6.39. The monoisotopic (exact) mass is 288 g/mol. The van der Waals surface area contributed by atoms with Crippen molar-refractivity contribution < 1.29 is 29.9 Å². The quantitative estimate of drug-likeness (QED) is 0.261. The van der Waals surface area contributed by atoms with Crippen molar-refractivity contribution in [2.45, 2.75) is 64.2 Å². The van der Waals surface area contributed by atoms with Crippen LogP contribution in [-0.2, 0) is 19.4 Å². The van der Waals surface area contributed by atoms with E-state index in [1.807, 2.05) is 0 Å². The molecule has 0 unspecified atom stereocenters. The van der Waals surface area contributed by atoms with Crippen molar-refractivity contribution in [2.24, 2.45) is 0 Å². The minimum atomic E-state index is -0.578. The van der Waals surface area contributed by atoms with Gasteiger partial charge in [0.15, 0.2) is 0 Å². The molecule has 6 nitrogen and oxygen atoms in total. The van der Waals surface area contributed by atoms with E-state index in [-0.39, 0.29) is 35.9 Å². The normalized spacial score (nSPS) is 9.58. The summed E-state index contributed by atoms with van der Waals surface area (Å²) >= 11 is 0. The lowest BCUT2D eigenvalue weighted by molar-refractivity contribution is -0.234. The Kier molecular flexibility index (Phi) is 17.3. The van der Waals surface area contributed by atoms with Crippen molar-refractivity contribution in [3.8, 4) is 0 Å². The fourth-order valence-corrected chi connectivity index (χ4v) is 1.69. The summed E-state index contributed by atoms with van der Waals surface area (Å²) in [5, 5.41) is 16.0. The van der Waals surface area contributed by atoms with E-state index in [1.165, 1.54) is 0 Å². The number of rotatable bonds is 11. The summed E-state index contributed by atoms with van der Waals surface area (Å²) in [4.78, 5) is 28.3. The molecule has 0 bridgehead atoms. The summed E-state index contributed by atoms with van der Waals surface area (Å²) < 4.78 is 0.